The average molecular weight is 331 g/mol. The number of pyridine rings is 2. The van der Waals surface area contributed by atoms with Crippen molar-refractivity contribution in [3.8, 4) is 0 Å². The van der Waals surface area contributed by atoms with Crippen molar-refractivity contribution in [2.45, 2.75) is 18.9 Å². The first-order valence-corrected chi connectivity index (χ1v) is 6.94. The number of ketones is 1. The van der Waals surface area contributed by atoms with E-state index >= 15 is 0 Å². The number of aliphatic carboxylic acids is 2. The number of hydrogen-bond donors (Lipinski definition) is 3. The quantitative estimate of drug-likeness (QED) is 0.642. The zero-order valence-corrected chi connectivity index (χ0v) is 12.7. The Kier molecular flexibility index (Phi) is 7.72. The fraction of sp³-hybridized carbons (Fsp3) is 0.188. The van der Waals surface area contributed by atoms with Crippen LogP contribution in [-0.4, -0.2) is 43.9 Å². The van der Waals surface area contributed by atoms with Gasteiger partial charge in [0.2, 0.25) is 5.78 Å². The molecule has 126 valence electrons. The molecule has 0 spiro atoms. The Morgan fingerprint density at radius 3 is 1.92 bits per heavy atom. The molecular weight excluding hydrogens is 314 g/mol. The van der Waals surface area contributed by atoms with E-state index in [9.17, 15) is 14.4 Å². The molecule has 1 atom stereocenters. The van der Waals surface area contributed by atoms with Crippen LogP contribution in [0.15, 0.2) is 48.8 Å². The lowest BCUT2D eigenvalue weighted by Gasteiger charge is -2.03. The molecule has 0 radical (unpaired) electrons. The topological polar surface area (TPSA) is 143 Å². The summed E-state index contributed by atoms with van der Waals surface area (Å²) in [4.78, 5) is 38.9. The maximum atomic E-state index is 10.7. The van der Waals surface area contributed by atoms with Crippen LogP contribution >= 0.6 is 0 Å². The Morgan fingerprint density at radius 1 is 0.958 bits per heavy atom. The first kappa shape index (κ1) is 18.9. The number of carbonyl (C=O) groups excluding carboxylic acids is 1. The number of carboxylic acids is 2. The van der Waals surface area contributed by atoms with Crippen molar-refractivity contribution in [1.82, 2.24) is 9.97 Å². The number of Topliss-reactive ketones (excluding diaryl/α,β-unsaturated/α-hetero) is 1. The fourth-order valence-electron chi connectivity index (χ4n) is 1.57. The van der Waals surface area contributed by atoms with Gasteiger partial charge in [-0.1, -0.05) is 12.1 Å². The molecule has 2 aromatic heterocycles. The summed E-state index contributed by atoms with van der Waals surface area (Å²) in [6.07, 6.45) is 3.26. The zero-order valence-electron chi connectivity index (χ0n) is 12.7. The number of carboxylic acid groups (broad SMARTS) is 2. The van der Waals surface area contributed by atoms with E-state index in [0.717, 1.165) is 0 Å². The van der Waals surface area contributed by atoms with Crippen LogP contribution in [0.5, 0.6) is 0 Å². The predicted molar refractivity (Wildman–Crippen MR) is 84.1 cm³/mol. The molecular formula is C16H17N3O5. The van der Waals surface area contributed by atoms with Gasteiger partial charge in [0.25, 0.3) is 0 Å². The lowest BCUT2D eigenvalue weighted by atomic mass is 10.1. The van der Waals surface area contributed by atoms with Gasteiger partial charge in [0, 0.05) is 30.2 Å². The maximum absolute atomic E-state index is 10.7. The van der Waals surface area contributed by atoms with Gasteiger partial charge in [0.05, 0.1) is 6.42 Å². The molecule has 2 heterocycles. The Hall–Kier alpha value is -3.13. The molecule has 4 N–H and O–H groups in total. The van der Waals surface area contributed by atoms with Gasteiger partial charge in [-0.05, 0) is 24.3 Å². The second kappa shape index (κ2) is 9.80. The minimum atomic E-state index is -1.42. The lowest BCUT2D eigenvalue weighted by Crippen LogP contribution is -2.32. The van der Waals surface area contributed by atoms with E-state index in [-0.39, 0.29) is 12.8 Å². The highest BCUT2D eigenvalue weighted by Crippen LogP contribution is 1.97. The third-order valence-corrected chi connectivity index (χ3v) is 2.78. The summed E-state index contributed by atoms with van der Waals surface area (Å²) in [7, 11) is 0. The van der Waals surface area contributed by atoms with Crippen molar-refractivity contribution in [2.24, 2.45) is 5.73 Å². The van der Waals surface area contributed by atoms with Gasteiger partial charge in [0.1, 0.15) is 6.04 Å². The Balaban J connectivity index is 0.000000240. The van der Waals surface area contributed by atoms with Crippen molar-refractivity contribution in [3.05, 3.63) is 60.2 Å². The van der Waals surface area contributed by atoms with Crippen LogP contribution in [0, 0.1) is 0 Å². The second-order valence-electron chi connectivity index (χ2n) is 4.70. The third kappa shape index (κ3) is 7.23. The molecule has 24 heavy (non-hydrogen) atoms. The van der Waals surface area contributed by atoms with Crippen LogP contribution in [-0.2, 0) is 27.2 Å². The summed E-state index contributed by atoms with van der Waals surface area (Å²) < 4.78 is 0. The molecule has 0 aromatic carbocycles. The van der Waals surface area contributed by atoms with Crippen LogP contribution in [0.2, 0.25) is 0 Å². The SMILES string of the molecule is N[C@@H](Cc1ccccn1)C(=O)O.O=C(O)C(=O)Cc1ccccn1. The number of rotatable bonds is 6. The van der Waals surface area contributed by atoms with Gasteiger partial charge in [-0.25, -0.2) is 4.79 Å². The van der Waals surface area contributed by atoms with E-state index in [1.807, 2.05) is 0 Å². The molecule has 0 saturated heterocycles. The zero-order chi connectivity index (χ0) is 17.9. The minimum absolute atomic E-state index is 0.143. The van der Waals surface area contributed by atoms with Crippen molar-refractivity contribution in [3.63, 3.8) is 0 Å². The van der Waals surface area contributed by atoms with E-state index in [0.29, 0.717) is 11.4 Å². The van der Waals surface area contributed by atoms with Crippen LogP contribution in [0.4, 0.5) is 0 Å². The molecule has 2 rings (SSSR count). The van der Waals surface area contributed by atoms with E-state index in [4.69, 9.17) is 15.9 Å². The Bertz CT molecular complexity index is 677. The van der Waals surface area contributed by atoms with Crippen LogP contribution < -0.4 is 5.73 Å². The predicted octanol–water partition coefficient (Wildman–Crippen LogP) is 0.314. The number of nitrogens with zero attached hydrogens (tertiary/aromatic N) is 2. The van der Waals surface area contributed by atoms with Crippen molar-refractivity contribution in [1.29, 1.82) is 0 Å². The van der Waals surface area contributed by atoms with Crippen LogP contribution in [0.3, 0.4) is 0 Å². The van der Waals surface area contributed by atoms with Gasteiger partial charge in [-0.2, -0.15) is 0 Å². The van der Waals surface area contributed by atoms with E-state index in [1.165, 1.54) is 6.20 Å². The second-order valence-corrected chi connectivity index (χ2v) is 4.70. The number of aromatic nitrogens is 2. The molecule has 0 unspecified atom stereocenters. The molecule has 0 bridgehead atoms. The fourth-order valence-corrected chi connectivity index (χ4v) is 1.57. The molecule has 0 saturated carbocycles. The van der Waals surface area contributed by atoms with E-state index in [1.54, 1.807) is 42.6 Å². The van der Waals surface area contributed by atoms with Crippen molar-refractivity contribution in [2.75, 3.05) is 0 Å². The van der Waals surface area contributed by atoms with Gasteiger partial charge in [0.15, 0.2) is 0 Å². The first-order chi connectivity index (χ1) is 11.4. The van der Waals surface area contributed by atoms with Crippen LogP contribution in [0.25, 0.3) is 0 Å². The molecule has 0 fully saturated rings. The molecule has 0 amide bonds. The Morgan fingerprint density at radius 2 is 1.50 bits per heavy atom. The molecule has 0 aliphatic rings. The van der Waals surface area contributed by atoms with E-state index in [2.05, 4.69) is 9.97 Å². The van der Waals surface area contributed by atoms with Gasteiger partial charge in [-0.15, -0.1) is 0 Å². The highest BCUT2D eigenvalue weighted by atomic mass is 16.4. The first-order valence-electron chi connectivity index (χ1n) is 6.94. The lowest BCUT2D eigenvalue weighted by molar-refractivity contribution is -0.148. The maximum Gasteiger partial charge on any atom is 0.372 e. The molecule has 2 aromatic rings. The number of carbonyl (C=O) groups is 3. The Labute approximate surface area is 138 Å². The minimum Gasteiger partial charge on any atom is -0.480 e. The smallest absolute Gasteiger partial charge is 0.372 e. The van der Waals surface area contributed by atoms with Crippen molar-refractivity contribution < 1.29 is 24.6 Å². The highest BCUT2D eigenvalue weighted by Gasteiger charge is 2.12. The van der Waals surface area contributed by atoms with E-state index < -0.39 is 23.8 Å². The van der Waals surface area contributed by atoms with Gasteiger partial charge < -0.3 is 15.9 Å². The average Bonchev–Trinajstić information content (AvgIpc) is 2.57. The monoisotopic (exact) mass is 331 g/mol. The molecule has 8 nitrogen and oxygen atoms in total. The van der Waals surface area contributed by atoms with Gasteiger partial charge in [-0.3, -0.25) is 19.6 Å². The largest absolute Gasteiger partial charge is 0.480 e. The summed E-state index contributed by atoms with van der Waals surface area (Å²) in [5.41, 5.74) is 6.49. The molecule has 8 heteroatoms. The highest BCUT2D eigenvalue weighted by molar-refractivity contribution is 6.33. The number of nitrogens with two attached hydrogens (primary N) is 1. The normalized spacial score (nSPS) is 10.9. The van der Waals surface area contributed by atoms with Crippen LogP contribution in [0.1, 0.15) is 11.4 Å². The molecule has 0 aliphatic heterocycles. The standard InChI is InChI=1S/C8H10N2O2.C8H7NO3/c9-7(8(11)12)5-6-3-1-2-4-10-6;10-7(8(11)12)5-6-3-1-2-4-9-6/h1-4,7H,5,9H2,(H,11,12);1-4H,5H2,(H,11,12)/t7-;/m0./s1. The summed E-state index contributed by atoms with van der Waals surface area (Å²) in [6, 6.07) is 9.49. The third-order valence-electron chi connectivity index (χ3n) is 2.78. The van der Waals surface area contributed by atoms with Gasteiger partial charge >= 0.3 is 11.9 Å². The summed E-state index contributed by atoms with van der Waals surface area (Å²) in [5, 5.41) is 16.8. The summed E-state index contributed by atoms with van der Waals surface area (Å²) in [5.74, 6) is -3.25. The summed E-state index contributed by atoms with van der Waals surface area (Å²) >= 11 is 0. The van der Waals surface area contributed by atoms with Crippen molar-refractivity contribution >= 4 is 17.7 Å². The molecule has 0 aliphatic carbocycles. The summed E-state index contributed by atoms with van der Waals surface area (Å²) in [6.45, 7) is 0. The number of hydrogen-bond acceptors (Lipinski definition) is 6.